The number of hydrogen-bond donors (Lipinski definition) is 2. The van der Waals surface area contributed by atoms with Crippen molar-refractivity contribution < 1.29 is 14.8 Å². The number of imidazole rings is 1. The SMILES string of the molecule is Cc1ncc([N+](=O)[O-])n1CCSC[C@@H](N)C(=O)O. The summed E-state index contributed by atoms with van der Waals surface area (Å²) in [5.74, 6) is 0.267. The summed E-state index contributed by atoms with van der Waals surface area (Å²) in [5.41, 5.74) is 5.34. The Balaban J connectivity index is 2.47. The fourth-order valence-corrected chi connectivity index (χ4v) is 2.19. The molecule has 0 fully saturated rings. The molecule has 0 bridgehead atoms. The number of nitrogens with zero attached hydrogens (tertiary/aromatic N) is 3. The summed E-state index contributed by atoms with van der Waals surface area (Å²) in [4.78, 5) is 24.6. The van der Waals surface area contributed by atoms with Crippen LogP contribution >= 0.6 is 11.8 Å². The summed E-state index contributed by atoms with van der Waals surface area (Å²) >= 11 is 1.34. The first-order valence-electron chi connectivity index (χ1n) is 5.16. The summed E-state index contributed by atoms with van der Waals surface area (Å²) in [7, 11) is 0. The summed E-state index contributed by atoms with van der Waals surface area (Å²) in [6.07, 6.45) is 1.21. The van der Waals surface area contributed by atoms with Crippen molar-refractivity contribution in [1.82, 2.24) is 9.55 Å². The Morgan fingerprint density at radius 1 is 1.78 bits per heavy atom. The van der Waals surface area contributed by atoms with Crippen LogP contribution in [0.5, 0.6) is 0 Å². The average Bonchev–Trinajstić information content (AvgIpc) is 2.66. The fraction of sp³-hybridized carbons (Fsp3) is 0.556. The molecule has 1 atom stereocenters. The van der Waals surface area contributed by atoms with Crippen LogP contribution in [0.4, 0.5) is 5.82 Å². The molecule has 0 radical (unpaired) electrons. The fourth-order valence-electron chi connectivity index (χ4n) is 1.32. The summed E-state index contributed by atoms with van der Waals surface area (Å²) in [5, 5.41) is 19.3. The molecule has 3 N–H and O–H groups in total. The Hall–Kier alpha value is -1.61. The van der Waals surface area contributed by atoms with Crippen LogP contribution in [-0.2, 0) is 11.3 Å². The van der Waals surface area contributed by atoms with Gasteiger partial charge in [0.2, 0.25) is 0 Å². The zero-order valence-corrected chi connectivity index (χ0v) is 10.6. The Bertz CT molecular complexity index is 448. The van der Waals surface area contributed by atoms with E-state index in [4.69, 9.17) is 10.8 Å². The van der Waals surface area contributed by atoms with Gasteiger partial charge in [-0.15, -0.1) is 0 Å². The normalized spacial score (nSPS) is 12.3. The van der Waals surface area contributed by atoms with Crippen LogP contribution < -0.4 is 5.73 Å². The van der Waals surface area contributed by atoms with Gasteiger partial charge in [0.15, 0.2) is 5.82 Å². The molecule has 1 aromatic heterocycles. The van der Waals surface area contributed by atoms with Crippen molar-refractivity contribution in [2.75, 3.05) is 11.5 Å². The highest BCUT2D eigenvalue weighted by molar-refractivity contribution is 7.99. The first kappa shape index (κ1) is 14.5. The zero-order valence-electron chi connectivity index (χ0n) is 9.78. The molecule has 0 aromatic carbocycles. The lowest BCUT2D eigenvalue weighted by Crippen LogP contribution is -2.32. The van der Waals surface area contributed by atoms with E-state index in [-0.39, 0.29) is 11.6 Å². The molecule has 1 rings (SSSR count). The molecule has 0 saturated heterocycles. The minimum atomic E-state index is -1.05. The first-order chi connectivity index (χ1) is 8.43. The molecular weight excluding hydrogens is 260 g/mol. The van der Waals surface area contributed by atoms with Crippen LogP contribution in [0, 0.1) is 17.0 Å². The molecule has 9 heteroatoms. The molecule has 0 aliphatic rings. The molecule has 1 heterocycles. The van der Waals surface area contributed by atoms with Crippen molar-refractivity contribution in [2.24, 2.45) is 5.73 Å². The molecule has 100 valence electrons. The molecule has 8 nitrogen and oxygen atoms in total. The number of nitro groups is 1. The van der Waals surface area contributed by atoms with Gasteiger partial charge >= 0.3 is 11.8 Å². The smallest absolute Gasteiger partial charge is 0.342 e. The van der Waals surface area contributed by atoms with Crippen LogP contribution in [0.25, 0.3) is 0 Å². The molecule has 0 aliphatic carbocycles. The maximum Gasteiger partial charge on any atom is 0.342 e. The number of nitrogens with two attached hydrogens (primary N) is 1. The topological polar surface area (TPSA) is 124 Å². The second-order valence-corrected chi connectivity index (χ2v) is 4.74. The van der Waals surface area contributed by atoms with Crippen LogP contribution in [0.1, 0.15) is 5.82 Å². The van der Waals surface area contributed by atoms with Crippen LogP contribution in [-0.4, -0.2) is 43.1 Å². The Kier molecular flexibility index (Phi) is 5.10. The number of aliphatic carboxylic acids is 1. The third-order valence-corrected chi connectivity index (χ3v) is 3.36. The van der Waals surface area contributed by atoms with E-state index in [2.05, 4.69) is 4.98 Å². The Labute approximate surface area is 107 Å². The highest BCUT2D eigenvalue weighted by Crippen LogP contribution is 2.15. The van der Waals surface area contributed by atoms with E-state index in [9.17, 15) is 14.9 Å². The van der Waals surface area contributed by atoms with E-state index in [1.54, 1.807) is 6.92 Å². The van der Waals surface area contributed by atoms with Gasteiger partial charge in [-0.2, -0.15) is 11.8 Å². The van der Waals surface area contributed by atoms with Crippen molar-refractivity contribution in [3.63, 3.8) is 0 Å². The third kappa shape index (κ3) is 3.70. The van der Waals surface area contributed by atoms with Crippen LogP contribution in [0.2, 0.25) is 0 Å². The monoisotopic (exact) mass is 274 g/mol. The van der Waals surface area contributed by atoms with E-state index in [1.165, 1.54) is 22.5 Å². The van der Waals surface area contributed by atoms with Crippen molar-refractivity contribution in [3.8, 4) is 0 Å². The van der Waals surface area contributed by atoms with Crippen molar-refractivity contribution in [1.29, 1.82) is 0 Å². The van der Waals surface area contributed by atoms with Gasteiger partial charge in [-0.05, 0) is 4.92 Å². The summed E-state index contributed by atoms with van der Waals surface area (Å²) < 4.78 is 1.49. The van der Waals surface area contributed by atoms with E-state index in [0.29, 0.717) is 18.1 Å². The molecule has 0 amide bonds. The minimum Gasteiger partial charge on any atom is -0.480 e. The summed E-state index contributed by atoms with van der Waals surface area (Å²) in [6.45, 7) is 2.08. The quantitative estimate of drug-likeness (QED) is 0.414. The van der Waals surface area contributed by atoms with Gasteiger partial charge in [0.05, 0.1) is 0 Å². The molecule has 0 aliphatic heterocycles. The van der Waals surface area contributed by atoms with Gasteiger partial charge < -0.3 is 21.0 Å². The van der Waals surface area contributed by atoms with Crippen molar-refractivity contribution in [2.45, 2.75) is 19.5 Å². The third-order valence-electron chi connectivity index (χ3n) is 2.29. The van der Waals surface area contributed by atoms with Crippen molar-refractivity contribution in [3.05, 3.63) is 22.1 Å². The van der Waals surface area contributed by atoms with E-state index in [1.807, 2.05) is 0 Å². The number of hydrogen-bond acceptors (Lipinski definition) is 6. The molecule has 0 spiro atoms. The van der Waals surface area contributed by atoms with Gasteiger partial charge in [-0.1, -0.05) is 0 Å². The predicted molar refractivity (Wildman–Crippen MR) is 66.6 cm³/mol. The lowest BCUT2D eigenvalue weighted by atomic mass is 10.4. The van der Waals surface area contributed by atoms with E-state index < -0.39 is 16.9 Å². The van der Waals surface area contributed by atoms with Crippen molar-refractivity contribution >= 4 is 23.5 Å². The maximum absolute atomic E-state index is 10.7. The molecule has 0 saturated carbocycles. The highest BCUT2D eigenvalue weighted by Gasteiger charge is 2.17. The second-order valence-electron chi connectivity index (χ2n) is 3.59. The molecular formula is C9H14N4O4S. The van der Waals surface area contributed by atoms with Gasteiger partial charge in [0, 0.05) is 18.4 Å². The predicted octanol–water partition coefficient (Wildman–Crippen LogP) is 0.245. The highest BCUT2D eigenvalue weighted by atomic mass is 32.2. The number of carbonyl (C=O) groups is 1. The largest absolute Gasteiger partial charge is 0.480 e. The summed E-state index contributed by atoms with van der Waals surface area (Å²) in [6, 6.07) is -0.908. The van der Waals surface area contributed by atoms with E-state index >= 15 is 0 Å². The average molecular weight is 274 g/mol. The minimum absolute atomic E-state index is 0.0596. The standard InChI is InChI=1S/C9H14N4O4S/c1-6-11-4-8(13(16)17)12(6)2-3-18-5-7(10)9(14)15/h4,7H,2-3,5,10H2,1H3,(H,14,15)/t7-/m1/s1. The molecule has 18 heavy (non-hydrogen) atoms. The Morgan fingerprint density at radius 3 is 3.00 bits per heavy atom. The second kappa shape index (κ2) is 6.36. The van der Waals surface area contributed by atoms with Crippen LogP contribution in [0.15, 0.2) is 6.20 Å². The zero-order chi connectivity index (χ0) is 13.7. The van der Waals surface area contributed by atoms with Gasteiger partial charge in [-0.25, -0.2) is 9.55 Å². The van der Waals surface area contributed by atoms with E-state index in [0.717, 1.165) is 0 Å². The first-order valence-corrected chi connectivity index (χ1v) is 6.31. The van der Waals surface area contributed by atoms with Gasteiger partial charge in [-0.3, -0.25) is 4.79 Å². The number of carboxylic acids is 1. The maximum atomic E-state index is 10.7. The molecule has 1 aromatic rings. The van der Waals surface area contributed by atoms with Gasteiger partial charge in [0.1, 0.15) is 18.8 Å². The lowest BCUT2D eigenvalue weighted by Gasteiger charge is -2.06. The number of aryl methyl sites for hydroxylation is 1. The number of aromatic nitrogens is 2. The van der Waals surface area contributed by atoms with Gasteiger partial charge in [0.25, 0.3) is 0 Å². The number of rotatable bonds is 7. The Morgan fingerprint density at radius 2 is 2.44 bits per heavy atom. The number of thioether (sulfide) groups is 1. The number of carboxylic acid groups (broad SMARTS) is 1. The van der Waals surface area contributed by atoms with Crippen LogP contribution in [0.3, 0.4) is 0 Å². The molecule has 0 unspecified atom stereocenters. The lowest BCUT2D eigenvalue weighted by molar-refractivity contribution is -0.392.